The number of hydrogen-bond donors (Lipinski definition) is 6. The van der Waals surface area contributed by atoms with Crippen LogP contribution in [0.2, 0.25) is 15.1 Å². The van der Waals surface area contributed by atoms with Crippen molar-refractivity contribution in [2.45, 2.75) is 62.9 Å². The van der Waals surface area contributed by atoms with Gasteiger partial charge in [-0.2, -0.15) is 52.3 Å². The molecule has 9 heterocycles. The second-order valence-electron chi connectivity index (χ2n) is 20.9. The highest BCUT2D eigenvalue weighted by Crippen LogP contribution is 2.40. The van der Waals surface area contributed by atoms with Crippen molar-refractivity contribution in [3.8, 4) is 31.7 Å². The monoisotopic (exact) mass is 1460 g/mol. The number of carbonyl (C=O) groups excluding carboxylic acids is 3. The molecule has 0 spiro atoms. The summed E-state index contributed by atoms with van der Waals surface area (Å²) in [6, 6.07) is 34.6. The van der Waals surface area contributed by atoms with Crippen LogP contribution >= 0.6 is 68.8 Å². The normalized spacial score (nSPS) is 20.8. The lowest BCUT2D eigenvalue weighted by molar-refractivity contribution is -0.120. The molecule has 12 rings (SSSR count). The van der Waals surface area contributed by atoms with Crippen LogP contribution in [0, 0.1) is 17.5 Å². The second-order valence-corrected chi connectivity index (χ2v) is 30.8. The number of likely N-dealkylation sites (N-methyl/N-ethyl adjacent to an activating group) is 3. The maximum Gasteiger partial charge on any atom is 0.280 e. The van der Waals surface area contributed by atoms with E-state index in [1.807, 2.05) is 91.0 Å². The van der Waals surface area contributed by atoms with Crippen LogP contribution in [0.1, 0.15) is 59.4 Å². The van der Waals surface area contributed by atoms with Gasteiger partial charge in [0.15, 0.2) is 0 Å². The molecule has 0 bridgehead atoms. The van der Waals surface area contributed by atoms with Crippen LogP contribution in [-0.4, -0.2) is 110 Å². The van der Waals surface area contributed by atoms with Crippen molar-refractivity contribution >= 4 is 134 Å². The zero-order valence-electron chi connectivity index (χ0n) is 48.7. The topological polar surface area (TPSA) is 274 Å². The van der Waals surface area contributed by atoms with Crippen LogP contribution in [0.4, 0.5) is 30.2 Å². The summed E-state index contributed by atoms with van der Waals surface area (Å²) >= 11 is 21.6. The van der Waals surface area contributed by atoms with Crippen LogP contribution < -0.4 is 30.1 Å². The van der Waals surface area contributed by atoms with Crippen molar-refractivity contribution in [3.05, 3.63) is 211 Å². The average Bonchev–Trinajstić information content (AvgIpc) is 1.29. The summed E-state index contributed by atoms with van der Waals surface area (Å²) in [5, 5.41) is 7.45. The summed E-state index contributed by atoms with van der Waals surface area (Å²) in [6.07, 6.45) is 5.73. The molecule has 0 aliphatic carbocycles. The Labute approximate surface area is 567 Å². The second kappa shape index (κ2) is 30.3. The Morgan fingerprint density at radius 3 is 0.936 bits per heavy atom. The number of nitrogens with one attached hydrogen (secondary N) is 6. The van der Waals surface area contributed by atoms with E-state index in [2.05, 4.69) is 45.1 Å². The van der Waals surface area contributed by atoms with Gasteiger partial charge in [-0.15, -0.1) is 34.0 Å². The maximum absolute atomic E-state index is 13.4. The fourth-order valence-electron chi connectivity index (χ4n) is 9.85. The minimum absolute atomic E-state index is 0. The van der Waals surface area contributed by atoms with Gasteiger partial charge >= 0.3 is 0 Å². The Hall–Kier alpha value is -7.11. The molecule has 0 saturated carbocycles. The summed E-state index contributed by atoms with van der Waals surface area (Å²) in [6.45, 7) is 0. The number of rotatable bonds is 12. The van der Waals surface area contributed by atoms with Gasteiger partial charge < -0.3 is 16.0 Å². The number of carbonyl (C=O) groups is 3. The molecule has 33 heteroatoms. The predicted molar refractivity (Wildman–Crippen MR) is 362 cm³/mol. The van der Waals surface area contributed by atoms with Gasteiger partial charge in [-0.1, -0.05) is 60.4 Å². The van der Waals surface area contributed by atoms with Crippen molar-refractivity contribution in [2.24, 2.45) is 0 Å². The van der Waals surface area contributed by atoms with E-state index in [1.165, 1.54) is 91.6 Å². The minimum atomic E-state index is -3.89. The lowest BCUT2D eigenvalue weighted by atomic mass is 10.1. The van der Waals surface area contributed by atoms with Crippen LogP contribution in [0.5, 0.6) is 0 Å². The summed E-state index contributed by atoms with van der Waals surface area (Å²) in [5.41, 5.74) is 3.22. The van der Waals surface area contributed by atoms with E-state index < -0.39 is 102 Å². The molecule has 3 aliphatic heterocycles. The summed E-state index contributed by atoms with van der Waals surface area (Å²) in [5.74, 6) is -3.40. The molecule has 94 heavy (non-hydrogen) atoms. The largest absolute Gasteiger partial charge is 0.325 e. The summed E-state index contributed by atoms with van der Waals surface area (Å²) in [4.78, 5) is 56.6. The van der Waals surface area contributed by atoms with E-state index in [0.717, 1.165) is 77.5 Å². The van der Waals surface area contributed by atoms with Crippen molar-refractivity contribution in [1.29, 1.82) is 0 Å². The van der Waals surface area contributed by atoms with E-state index >= 15 is 0 Å². The first kappa shape index (κ1) is 71.2. The Balaban J connectivity index is 0.000000165. The Morgan fingerprint density at radius 2 is 0.702 bits per heavy atom. The maximum atomic E-state index is 13.4. The van der Waals surface area contributed by atoms with Gasteiger partial charge in [-0.25, -0.2) is 13.2 Å². The highest BCUT2D eigenvalue weighted by molar-refractivity contribution is 7.87. The van der Waals surface area contributed by atoms with Gasteiger partial charge in [0.05, 0.1) is 64.9 Å². The van der Waals surface area contributed by atoms with Gasteiger partial charge in [0, 0.05) is 71.4 Å². The average molecular weight is 1460 g/mol. The van der Waals surface area contributed by atoms with Gasteiger partial charge in [0.2, 0.25) is 17.7 Å². The van der Waals surface area contributed by atoms with Crippen LogP contribution in [0.3, 0.4) is 0 Å². The predicted octanol–water partition coefficient (Wildman–Crippen LogP) is 12.1. The standard InChI is InChI=1S/3C20H18ClFN4O3S2.CH4/c3*1-26-17(20(27)24-12-5-6-14(22)13(21)10-12)11-16(25-31(26,28)29)19-8-7-18(30-19)15-4-2-3-9-23-15;/h3*2-10,16-17,25H,11H2,1H3,(H,24,27);1H4/t2*16-,17+;;/m10../s1. The van der Waals surface area contributed by atoms with E-state index in [-0.39, 0.29) is 58.8 Å². The molecule has 3 fully saturated rings. The number of nitrogens with zero attached hydrogens (tertiary/aromatic N) is 6. The summed E-state index contributed by atoms with van der Waals surface area (Å²) in [7, 11) is -7.64. The van der Waals surface area contributed by atoms with E-state index in [0.29, 0.717) is 0 Å². The summed E-state index contributed by atoms with van der Waals surface area (Å²) < 4.78 is 127. The Kier molecular flexibility index (Phi) is 23.0. The first-order valence-electron chi connectivity index (χ1n) is 27.8. The molecular weight excluding hydrogens is 1400 g/mol. The number of halogens is 6. The zero-order chi connectivity index (χ0) is 66.5. The number of aromatic nitrogens is 3. The smallest absolute Gasteiger partial charge is 0.280 e. The molecule has 6 N–H and O–H groups in total. The fraction of sp³-hybridized carbons (Fsp3) is 0.213. The quantitative estimate of drug-likeness (QED) is 0.0666. The number of pyridine rings is 3. The van der Waals surface area contributed by atoms with Gasteiger partial charge in [-0.3, -0.25) is 29.3 Å². The first-order chi connectivity index (χ1) is 44.2. The Bertz CT molecular complexity index is 4120. The fourth-order valence-corrected chi connectivity index (χ4v) is 17.6. The Morgan fingerprint density at radius 1 is 0.436 bits per heavy atom. The number of anilines is 3. The van der Waals surface area contributed by atoms with Gasteiger partial charge in [0.25, 0.3) is 30.6 Å². The molecule has 3 amide bonds. The van der Waals surface area contributed by atoms with Gasteiger partial charge in [-0.05, 0) is 147 Å². The molecule has 2 unspecified atom stereocenters. The highest BCUT2D eigenvalue weighted by Gasteiger charge is 2.44. The molecule has 3 aromatic carbocycles. The molecular formula is C61H58Cl3F3N12O9S6. The minimum Gasteiger partial charge on any atom is -0.325 e. The van der Waals surface area contributed by atoms with Crippen LogP contribution in [-0.2, 0) is 45.0 Å². The van der Waals surface area contributed by atoms with Crippen molar-refractivity contribution < 1.29 is 52.8 Å². The number of amides is 3. The number of benzene rings is 3. The van der Waals surface area contributed by atoms with E-state index in [1.54, 1.807) is 18.6 Å². The molecule has 6 atom stereocenters. The third kappa shape index (κ3) is 16.9. The molecule has 3 aliphatic rings. The van der Waals surface area contributed by atoms with Crippen molar-refractivity contribution in [2.75, 3.05) is 37.1 Å². The van der Waals surface area contributed by atoms with E-state index in [9.17, 15) is 52.8 Å². The lowest BCUT2D eigenvalue weighted by Crippen LogP contribution is -2.55. The van der Waals surface area contributed by atoms with Crippen LogP contribution in [0.15, 0.2) is 164 Å². The van der Waals surface area contributed by atoms with Crippen molar-refractivity contribution in [3.63, 3.8) is 0 Å². The van der Waals surface area contributed by atoms with Crippen LogP contribution in [0.25, 0.3) is 31.7 Å². The zero-order valence-corrected chi connectivity index (χ0v) is 55.9. The molecule has 9 aromatic rings. The van der Waals surface area contributed by atoms with E-state index in [4.69, 9.17) is 34.8 Å². The molecule has 0 radical (unpaired) electrons. The third-order valence-corrected chi connectivity index (χ3v) is 24.2. The highest BCUT2D eigenvalue weighted by atomic mass is 35.5. The first-order valence-corrected chi connectivity index (χ1v) is 35.7. The molecule has 21 nitrogen and oxygen atoms in total. The molecule has 3 saturated heterocycles. The SMILES string of the molecule is C.CN1C(C(=O)Nc2ccc(F)c(Cl)c2)CC(c2ccc(-c3ccccn3)s2)NS1(=O)=O.CN1[C@@H](C(=O)Nc2ccc(F)c(Cl)c2)C[C@@H](c2ccc(-c3ccccn3)s2)NS1(=O)=O.CN1[C@H](C(=O)Nc2ccc(F)c(Cl)c2)C[C@H](c2ccc(-c3ccccn3)s2)NS1(=O)=O. The molecule has 6 aromatic heterocycles. The van der Waals surface area contributed by atoms with Crippen molar-refractivity contribution in [1.82, 2.24) is 42.0 Å². The van der Waals surface area contributed by atoms with Gasteiger partial charge in [0.1, 0.15) is 35.6 Å². The third-order valence-electron chi connectivity index (χ3n) is 14.8. The number of thiophene rings is 3. The molecule has 494 valence electrons. The number of hydrogen-bond acceptors (Lipinski definition) is 15. The lowest BCUT2D eigenvalue weighted by Gasteiger charge is -2.35.